The number of morpholine rings is 1. The maximum atomic E-state index is 15.0. The van der Waals surface area contributed by atoms with Crippen LogP contribution in [-0.4, -0.2) is 64.2 Å². The number of hydrogen-bond donors (Lipinski definition) is 2. The number of carboxylic acid groups (broad SMARTS) is 1. The molecule has 0 aliphatic carbocycles. The van der Waals surface area contributed by atoms with Crippen LogP contribution in [0.2, 0.25) is 0 Å². The summed E-state index contributed by atoms with van der Waals surface area (Å²) in [5, 5.41) is 11.8. The van der Waals surface area contributed by atoms with Crippen molar-refractivity contribution in [3.8, 4) is 11.3 Å². The van der Waals surface area contributed by atoms with Gasteiger partial charge in [-0.05, 0) is 42.8 Å². The number of aryl methyl sites for hydroxylation is 1. The summed E-state index contributed by atoms with van der Waals surface area (Å²) in [5.74, 6) is -0.931. The molecule has 1 fully saturated rings. The molecule has 31 heavy (non-hydrogen) atoms. The average molecular weight is 426 g/mol. The quantitative estimate of drug-likeness (QED) is 0.669. The lowest BCUT2D eigenvalue weighted by Crippen LogP contribution is -2.45. The van der Waals surface area contributed by atoms with Crippen LogP contribution in [0.25, 0.3) is 16.9 Å². The van der Waals surface area contributed by atoms with Crippen LogP contribution in [0.3, 0.4) is 0 Å². The van der Waals surface area contributed by atoms with Crippen LogP contribution >= 0.6 is 0 Å². The molecule has 162 valence electrons. The molecule has 0 unspecified atom stereocenters. The van der Waals surface area contributed by atoms with Gasteiger partial charge in [0, 0.05) is 37.3 Å². The van der Waals surface area contributed by atoms with Gasteiger partial charge in [-0.3, -0.25) is 4.79 Å². The van der Waals surface area contributed by atoms with Gasteiger partial charge >= 0.3 is 6.09 Å². The molecule has 2 amide bonds. The molecule has 2 aromatic heterocycles. The second-order valence-electron chi connectivity index (χ2n) is 7.54. The predicted molar refractivity (Wildman–Crippen MR) is 112 cm³/mol. The molecule has 3 aromatic rings. The minimum absolute atomic E-state index is 0.220. The van der Waals surface area contributed by atoms with Gasteiger partial charge in [0.2, 0.25) is 0 Å². The van der Waals surface area contributed by atoms with E-state index < -0.39 is 11.9 Å². The molecule has 4 rings (SSSR count). The lowest BCUT2D eigenvalue weighted by atomic mass is 10.0. The molecule has 1 atom stereocenters. The highest BCUT2D eigenvalue weighted by Gasteiger charge is 2.27. The Morgan fingerprint density at radius 3 is 2.84 bits per heavy atom. The summed E-state index contributed by atoms with van der Waals surface area (Å²) in [6, 6.07) is 8.12. The summed E-state index contributed by atoms with van der Waals surface area (Å²) >= 11 is 0. The van der Waals surface area contributed by atoms with Gasteiger partial charge in [0.15, 0.2) is 0 Å². The zero-order chi connectivity index (χ0) is 22.1. The number of carbonyl (C=O) groups is 2. The van der Waals surface area contributed by atoms with Gasteiger partial charge < -0.3 is 24.5 Å². The van der Waals surface area contributed by atoms with Gasteiger partial charge in [-0.1, -0.05) is 0 Å². The van der Waals surface area contributed by atoms with Gasteiger partial charge in [0.25, 0.3) is 5.91 Å². The number of aromatic nitrogens is 2. The Bertz CT molecular complexity index is 1160. The maximum Gasteiger partial charge on any atom is 0.407 e. The van der Waals surface area contributed by atoms with Crippen LogP contribution in [0.5, 0.6) is 0 Å². The fourth-order valence-electron chi connectivity index (χ4n) is 3.83. The topological polar surface area (TPSA) is 96.2 Å². The number of imidazole rings is 1. The van der Waals surface area contributed by atoms with Crippen LogP contribution in [0.1, 0.15) is 21.6 Å². The second-order valence-corrected chi connectivity index (χ2v) is 7.54. The van der Waals surface area contributed by atoms with Crippen molar-refractivity contribution in [2.24, 2.45) is 0 Å². The molecule has 1 aliphatic rings. The molecule has 0 saturated carbocycles. The number of hydrogen-bond acceptors (Lipinski definition) is 4. The first-order valence-corrected chi connectivity index (χ1v) is 9.96. The summed E-state index contributed by atoms with van der Waals surface area (Å²) in [6.45, 7) is 2.80. The van der Waals surface area contributed by atoms with Crippen molar-refractivity contribution in [2.45, 2.75) is 19.4 Å². The summed E-state index contributed by atoms with van der Waals surface area (Å²) in [4.78, 5) is 29.2. The third-order valence-corrected chi connectivity index (χ3v) is 5.42. The highest BCUT2D eigenvalue weighted by atomic mass is 19.1. The number of amides is 2. The zero-order valence-corrected chi connectivity index (χ0v) is 17.3. The maximum absolute atomic E-state index is 15.0. The largest absolute Gasteiger partial charge is 0.465 e. The van der Waals surface area contributed by atoms with E-state index in [4.69, 9.17) is 4.74 Å². The smallest absolute Gasteiger partial charge is 0.407 e. The van der Waals surface area contributed by atoms with E-state index in [2.05, 4.69) is 10.3 Å². The fourth-order valence-corrected chi connectivity index (χ4v) is 3.83. The number of rotatable bonds is 4. The minimum atomic E-state index is -0.988. The van der Waals surface area contributed by atoms with E-state index in [0.717, 1.165) is 11.3 Å². The molecule has 2 N–H and O–H groups in total. The Hall–Kier alpha value is -3.46. The van der Waals surface area contributed by atoms with Gasteiger partial charge in [0.1, 0.15) is 11.5 Å². The Balaban J connectivity index is 1.77. The summed E-state index contributed by atoms with van der Waals surface area (Å²) in [7, 11) is 1.49. The number of nitrogens with zero attached hydrogens (tertiary/aromatic N) is 3. The fraction of sp³-hybridized carbons (Fsp3) is 0.318. The first kappa shape index (κ1) is 20.8. The molecule has 3 heterocycles. The minimum Gasteiger partial charge on any atom is -0.465 e. The van der Waals surface area contributed by atoms with Gasteiger partial charge in [-0.25, -0.2) is 14.2 Å². The van der Waals surface area contributed by atoms with Crippen molar-refractivity contribution in [2.75, 3.05) is 26.7 Å². The molecular weight excluding hydrogens is 403 g/mol. The second kappa shape index (κ2) is 8.35. The Labute approximate surface area is 178 Å². The SMILES string of the molecule is CNC(=O)c1ccc(-c2nc3cc(C)ccn3c2C[C@H]2CN(C(=O)O)CCO2)c(F)c1. The zero-order valence-electron chi connectivity index (χ0n) is 17.3. The van der Waals surface area contributed by atoms with Crippen LogP contribution < -0.4 is 5.32 Å². The molecule has 0 bridgehead atoms. The third kappa shape index (κ3) is 4.09. The third-order valence-electron chi connectivity index (χ3n) is 5.42. The number of halogens is 1. The molecule has 1 saturated heterocycles. The van der Waals surface area contributed by atoms with E-state index in [-0.39, 0.29) is 29.7 Å². The molecule has 9 heteroatoms. The van der Waals surface area contributed by atoms with E-state index in [1.807, 2.05) is 29.7 Å². The highest BCUT2D eigenvalue weighted by Crippen LogP contribution is 2.29. The number of benzene rings is 1. The molecule has 8 nitrogen and oxygen atoms in total. The van der Waals surface area contributed by atoms with Crippen molar-refractivity contribution >= 4 is 17.6 Å². The first-order valence-electron chi connectivity index (χ1n) is 9.96. The van der Waals surface area contributed by atoms with Crippen LogP contribution in [-0.2, 0) is 11.2 Å². The number of carbonyl (C=O) groups excluding carboxylic acids is 1. The van der Waals surface area contributed by atoms with Crippen molar-refractivity contribution in [1.29, 1.82) is 0 Å². The lowest BCUT2D eigenvalue weighted by molar-refractivity contribution is -0.0214. The van der Waals surface area contributed by atoms with E-state index in [1.165, 1.54) is 18.0 Å². The molecule has 0 spiro atoms. The lowest BCUT2D eigenvalue weighted by Gasteiger charge is -2.31. The number of nitrogens with one attached hydrogen (secondary N) is 1. The normalized spacial score (nSPS) is 16.5. The van der Waals surface area contributed by atoms with E-state index in [0.29, 0.717) is 30.9 Å². The van der Waals surface area contributed by atoms with Gasteiger partial charge in [-0.2, -0.15) is 0 Å². The van der Waals surface area contributed by atoms with Gasteiger partial charge in [-0.15, -0.1) is 0 Å². The highest BCUT2D eigenvalue weighted by molar-refractivity contribution is 5.94. The first-order chi connectivity index (χ1) is 14.9. The number of pyridine rings is 1. The van der Waals surface area contributed by atoms with Crippen LogP contribution in [0, 0.1) is 12.7 Å². The van der Waals surface area contributed by atoms with Crippen molar-refractivity contribution in [3.63, 3.8) is 0 Å². The number of fused-ring (bicyclic) bond motifs is 1. The van der Waals surface area contributed by atoms with E-state index in [9.17, 15) is 14.7 Å². The Morgan fingerprint density at radius 1 is 1.32 bits per heavy atom. The van der Waals surface area contributed by atoms with Crippen molar-refractivity contribution in [3.05, 3.63) is 59.2 Å². The summed E-state index contributed by atoms with van der Waals surface area (Å²) in [6.07, 6.45) is 0.863. The van der Waals surface area contributed by atoms with Crippen molar-refractivity contribution in [1.82, 2.24) is 19.6 Å². The molecule has 1 aromatic carbocycles. The average Bonchev–Trinajstić information content (AvgIpc) is 3.10. The van der Waals surface area contributed by atoms with Gasteiger partial charge in [0.05, 0.1) is 30.6 Å². The van der Waals surface area contributed by atoms with Crippen LogP contribution in [0.15, 0.2) is 36.5 Å². The summed E-state index contributed by atoms with van der Waals surface area (Å²) in [5.41, 5.74) is 3.33. The summed E-state index contributed by atoms with van der Waals surface area (Å²) < 4.78 is 22.7. The predicted octanol–water partition coefficient (Wildman–Crippen LogP) is 2.73. The van der Waals surface area contributed by atoms with E-state index in [1.54, 1.807) is 12.1 Å². The Morgan fingerprint density at radius 2 is 2.13 bits per heavy atom. The standard InChI is InChI=1S/C22H23FN4O4/c1-13-5-6-27-18(11-15-12-26(22(29)30)7-8-31-15)20(25-19(27)9-13)16-4-3-14(10-17(16)23)21(28)24-2/h3-6,9-10,15H,7-8,11-12H2,1-2H3,(H,24,28)(H,29,30)/t15-/m0/s1. The molecule has 1 aliphatic heterocycles. The van der Waals surface area contributed by atoms with Crippen molar-refractivity contribution < 1.29 is 23.8 Å². The molecular formula is C22H23FN4O4. The monoisotopic (exact) mass is 426 g/mol. The molecule has 0 radical (unpaired) electrons. The number of ether oxygens (including phenoxy) is 1. The van der Waals surface area contributed by atoms with Crippen LogP contribution in [0.4, 0.5) is 9.18 Å². The Kier molecular flexibility index (Phi) is 5.60. The van der Waals surface area contributed by atoms with E-state index >= 15 is 4.39 Å².